The van der Waals surface area contributed by atoms with E-state index in [0.717, 1.165) is 8.99 Å². The van der Waals surface area contributed by atoms with E-state index >= 15 is 0 Å². The van der Waals surface area contributed by atoms with Crippen LogP contribution < -0.4 is 11.2 Å². The third-order valence-electron chi connectivity index (χ3n) is 2.98. The van der Waals surface area contributed by atoms with Crippen molar-refractivity contribution in [2.75, 3.05) is 0 Å². The van der Waals surface area contributed by atoms with Gasteiger partial charge in [-0.05, 0) is 0 Å². The number of rotatable bonds is 7. The molecule has 102 valence electrons. The fourth-order valence-electron chi connectivity index (χ4n) is 2.21. The minimum absolute atomic E-state index is 0.541. The van der Waals surface area contributed by atoms with Crippen LogP contribution in [-0.4, -0.2) is 26.4 Å². The van der Waals surface area contributed by atoms with Crippen molar-refractivity contribution < 1.29 is 4.39 Å². The van der Waals surface area contributed by atoms with Gasteiger partial charge in [0.1, 0.15) is 0 Å². The van der Waals surface area contributed by atoms with E-state index in [1.807, 2.05) is 0 Å². The van der Waals surface area contributed by atoms with Gasteiger partial charge in [0.25, 0.3) is 0 Å². The molecule has 0 atom stereocenters. The molecule has 0 bridgehead atoms. The van der Waals surface area contributed by atoms with E-state index < -0.39 is 35.7 Å². The van der Waals surface area contributed by atoms with Gasteiger partial charge in [-0.1, -0.05) is 0 Å². The summed E-state index contributed by atoms with van der Waals surface area (Å²) in [6, 6.07) is 0. The molecule has 0 unspecified atom stereocenters. The Kier molecular flexibility index (Phi) is 5.53. The third-order valence-corrected chi connectivity index (χ3v) is 15.8. The summed E-state index contributed by atoms with van der Waals surface area (Å²) in [7, 11) is 0. The van der Waals surface area contributed by atoms with Crippen LogP contribution in [0.15, 0.2) is 53.8 Å². The minimum atomic E-state index is -3.50. The molecule has 0 spiro atoms. The molecule has 1 aromatic heterocycles. The fourth-order valence-corrected chi connectivity index (χ4v) is 12.8. The number of aromatic amines is 1. The normalized spacial score (nSPS) is 11.0. The zero-order valence-electron chi connectivity index (χ0n) is 10.7. The van der Waals surface area contributed by atoms with Gasteiger partial charge in [-0.3, -0.25) is 0 Å². The Bertz CT molecular complexity index is 577. The molecule has 1 aromatic rings. The molecular formula is C13H17FN2O2Sn. The number of allylic oxidation sites excluding steroid dienone is 3. The monoisotopic (exact) mass is 372 g/mol. The molecule has 0 saturated heterocycles. The summed E-state index contributed by atoms with van der Waals surface area (Å²) in [6.07, 6.45) is 5.84. The van der Waals surface area contributed by atoms with Gasteiger partial charge in [-0.25, -0.2) is 0 Å². The van der Waals surface area contributed by atoms with Crippen LogP contribution >= 0.6 is 0 Å². The van der Waals surface area contributed by atoms with E-state index in [4.69, 9.17) is 0 Å². The van der Waals surface area contributed by atoms with Crippen LogP contribution in [0.3, 0.4) is 0 Å². The molecule has 0 aliphatic heterocycles. The second-order valence-electron chi connectivity index (χ2n) is 4.29. The van der Waals surface area contributed by atoms with Gasteiger partial charge in [0, 0.05) is 0 Å². The predicted molar refractivity (Wildman–Crippen MR) is 77.4 cm³/mol. The summed E-state index contributed by atoms with van der Waals surface area (Å²) in [5.74, 6) is -0.946. The van der Waals surface area contributed by atoms with Crippen LogP contribution in [0.4, 0.5) is 4.39 Å². The molecule has 1 N–H and O–H groups in total. The van der Waals surface area contributed by atoms with Crippen LogP contribution in [-0.2, 0) is 0 Å². The number of nitrogens with zero attached hydrogens (tertiary/aromatic N) is 1. The molecule has 0 aliphatic rings. The van der Waals surface area contributed by atoms with E-state index in [-0.39, 0.29) is 0 Å². The predicted octanol–water partition coefficient (Wildman–Crippen LogP) is 2.03. The Morgan fingerprint density at radius 3 is 2.05 bits per heavy atom. The van der Waals surface area contributed by atoms with Gasteiger partial charge in [0.05, 0.1) is 0 Å². The molecular weight excluding hydrogens is 354 g/mol. The molecule has 0 aromatic carbocycles. The average molecular weight is 371 g/mol. The van der Waals surface area contributed by atoms with Crippen molar-refractivity contribution in [2.24, 2.45) is 0 Å². The summed E-state index contributed by atoms with van der Waals surface area (Å²) in [4.78, 5) is 26.2. The first-order chi connectivity index (χ1) is 9.02. The van der Waals surface area contributed by atoms with Crippen molar-refractivity contribution in [1.82, 2.24) is 7.77 Å². The van der Waals surface area contributed by atoms with Crippen LogP contribution in [0.5, 0.6) is 0 Å². The second kappa shape index (κ2) is 6.70. The van der Waals surface area contributed by atoms with E-state index in [0.29, 0.717) is 13.3 Å². The van der Waals surface area contributed by atoms with Gasteiger partial charge >= 0.3 is 115 Å². The topological polar surface area (TPSA) is 54.9 Å². The van der Waals surface area contributed by atoms with Crippen LogP contribution in [0, 0.1) is 5.82 Å². The Morgan fingerprint density at radius 2 is 1.63 bits per heavy atom. The van der Waals surface area contributed by atoms with Crippen molar-refractivity contribution in [3.63, 3.8) is 0 Å². The zero-order valence-corrected chi connectivity index (χ0v) is 13.5. The maximum atomic E-state index is 13.5. The van der Waals surface area contributed by atoms with E-state index in [1.54, 1.807) is 18.2 Å². The first-order valence-corrected chi connectivity index (χ1v) is 13.2. The van der Waals surface area contributed by atoms with E-state index in [1.165, 1.54) is 0 Å². The SMILES string of the molecule is C=C[CH2][Sn]([CH2]C=C)([CH2]C=C)[n]1c(=O)[nH]cc(F)c1=O. The van der Waals surface area contributed by atoms with Crippen LogP contribution in [0.1, 0.15) is 0 Å². The Labute approximate surface area is 115 Å². The third kappa shape index (κ3) is 3.15. The number of halogens is 1. The van der Waals surface area contributed by atoms with Gasteiger partial charge in [0.2, 0.25) is 0 Å². The van der Waals surface area contributed by atoms with Crippen LogP contribution in [0.2, 0.25) is 13.3 Å². The van der Waals surface area contributed by atoms with Gasteiger partial charge < -0.3 is 0 Å². The van der Waals surface area contributed by atoms with Gasteiger partial charge in [-0.2, -0.15) is 0 Å². The van der Waals surface area contributed by atoms with Gasteiger partial charge in [0.15, 0.2) is 0 Å². The first kappa shape index (κ1) is 15.7. The number of hydrogen-bond donors (Lipinski definition) is 1. The van der Waals surface area contributed by atoms with Crippen molar-refractivity contribution in [1.29, 1.82) is 0 Å². The molecule has 0 fully saturated rings. The second-order valence-corrected chi connectivity index (χ2v) is 16.0. The number of aromatic nitrogens is 2. The van der Waals surface area contributed by atoms with E-state index in [9.17, 15) is 14.0 Å². The van der Waals surface area contributed by atoms with Crippen LogP contribution in [0.25, 0.3) is 0 Å². The summed E-state index contributed by atoms with van der Waals surface area (Å²) in [6.45, 7) is 11.0. The number of H-pyrrole nitrogens is 1. The summed E-state index contributed by atoms with van der Waals surface area (Å²) >= 11 is -3.50. The quantitative estimate of drug-likeness (QED) is 0.589. The molecule has 0 radical (unpaired) electrons. The molecule has 19 heavy (non-hydrogen) atoms. The molecule has 1 heterocycles. The first-order valence-electron chi connectivity index (χ1n) is 5.86. The van der Waals surface area contributed by atoms with Crippen molar-refractivity contribution in [3.8, 4) is 0 Å². The maximum absolute atomic E-state index is 13.5. The molecule has 4 nitrogen and oxygen atoms in total. The van der Waals surface area contributed by atoms with Crippen molar-refractivity contribution in [3.05, 3.63) is 70.8 Å². The molecule has 0 saturated carbocycles. The molecule has 1 rings (SSSR count). The number of hydrogen-bond acceptors (Lipinski definition) is 2. The van der Waals surface area contributed by atoms with Crippen molar-refractivity contribution >= 4 is 18.7 Å². The summed E-state index contributed by atoms with van der Waals surface area (Å²) in [5, 5.41) is 0. The summed E-state index contributed by atoms with van der Waals surface area (Å²) < 4.78 is 16.2. The Hall–Kier alpha value is -1.37. The average Bonchev–Trinajstić information content (AvgIpc) is 2.35. The fraction of sp³-hybridized carbons (Fsp3) is 0.231. The zero-order chi connectivity index (χ0) is 14.5. The van der Waals surface area contributed by atoms with Gasteiger partial charge in [-0.15, -0.1) is 0 Å². The Balaban J connectivity index is 3.64. The summed E-state index contributed by atoms with van der Waals surface area (Å²) in [5.41, 5.74) is -1.42. The molecule has 6 heteroatoms. The molecule has 0 amide bonds. The van der Waals surface area contributed by atoms with E-state index in [2.05, 4.69) is 24.7 Å². The standard InChI is InChI=1S/C4H3FN2O2.3C3H5.Sn/c5-2-1-6-4(9)7-3(2)8;3*1-3-2;/h1H,(H2,6,7,8,9);3*3H,1-2H2;/q;;;;+1/p-1. The Morgan fingerprint density at radius 1 is 1.16 bits per heavy atom. The van der Waals surface area contributed by atoms with Crippen molar-refractivity contribution in [2.45, 2.75) is 13.3 Å². The molecule has 0 aliphatic carbocycles. The number of nitrogens with one attached hydrogen (secondary N) is 1.